The molecule has 4 nitrogen and oxygen atoms in total. The minimum Gasteiger partial charge on any atom is -0.376 e. The van der Waals surface area contributed by atoms with Crippen molar-refractivity contribution in [2.24, 2.45) is 5.92 Å². The van der Waals surface area contributed by atoms with Crippen LogP contribution in [0.4, 0.5) is 5.69 Å². The van der Waals surface area contributed by atoms with Gasteiger partial charge in [0, 0.05) is 11.7 Å². The maximum atomic E-state index is 11.9. The second kappa shape index (κ2) is 6.95. The van der Waals surface area contributed by atoms with Crippen molar-refractivity contribution in [1.82, 2.24) is 5.32 Å². The van der Waals surface area contributed by atoms with E-state index in [1.54, 1.807) is 12.1 Å². The van der Waals surface area contributed by atoms with Crippen LogP contribution in [0.5, 0.6) is 0 Å². The van der Waals surface area contributed by atoms with Gasteiger partial charge >= 0.3 is 0 Å². The fourth-order valence-electron chi connectivity index (χ4n) is 2.69. The van der Waals surface area contributed by atoms with Gasteiger partial charge in [-0.15, -0.1) is 0 Å². The number of nitrogens with one attached hydrogen (secondary N) is 2. The molecule has 4 heteroatoms. The molecular formula is C16H21N3O. The first-order chi connectivity index (χ1) is 9.67. The molecular weight excluding hydrogens is 250 g/mol. The van der Waals surface area contributed by atoms with Crippen LogP contribution >= 0.6 is 0 Å². The summed E-state index contributed by atoms with van der Waals surface area (Å²) >= 11 is 0. The third kappa shape index (κ3) is 4.27. The highest BCUT2D eigenvalue weighted by Gasteiger charge is 2.19. The largest absolute Gasteiger partial charge is 0.376 e. The van der Waals surface area contributed by atoms with E-state index in [4.69, 9.17) is 5.26 Å². The van der Waals surface area contributed by atoms with Crippen LogP contribution in [-0.2, 0) is 4.79 Å². The van der Waals surface area contributed by atoms with Crippen molar-refractivity contribution >= 4 is 11.6 Å². The van der Waals surface area contributed by atoms with Crippen LogP contribution in [0.3, 0.4) is 0 Å². The molecule has 0 bridgehead atoms. The van der Waals surface area contributed by atoms with Gasteiger partial charge in [0.2, 0.25) is 5.91 Å². The first kappa shape index (κ1) is 14.4. The number of nitriles is 1. The van der Waals surface area contributed by atoms with Gasteiger partial charge in [0.15, 0.2) is 0 Å². The van der Waals surface area contributed by atoms with Crippen molar-refractivity contribution in [3.63, 3.8) is 0 Å². The highest BCUT2D eigenvalue weighted by molar-refractivity contribution is 5.81. The highest BCUT2D eigenvalue weighted by atomic mass is 16.1. The SMILES string of the molecule is C[C@@H]1CCC[C@@H](NC(=O)CNc2ccc(C#N)cc2)C1. The maximum Gasteiger partial charge on any atom is 0.239 e. The lowest BCUT2D eigenvalue weighted by Gasteiger charge is -2.27. The molecule has 0 saturated heterocycles. The predicted octanol–water partition coefficient (Wildman–Crippen LogP) is 2.67. The molecule has 20 heavy (non-hydrogen) atoms. The molecule has 1 aromatic carbocycles. The molecule has 106 valence electrons. The van der Waals surface area contributed by atoms with Crippen molar-refractivity contribution in [2.75, 3.05) is 11.9 Å². The number of anilines is 1. The molecule has 1 saturated carbocycles. The predicted molar refractivity (Wildman–Crippen MR) is 79.2 cm³/mol. The Morgan fingerprint density at radius 1 is 1.35 bits per heavy atom. The van der Waals surface area contributed by atoms with Crippen LogP contribution in [0.2, 0.25) is 0 Å². The number of rotatable bonds is 4. The van der Waals surface area contributed by atoms with Crippen molar-refractivity contribution in [3.05, 3.63) is 29.8 Å². The number of hydrogen-bond donors (Lipinski definition) is 2. The third-order valence-corrected chi connectivity index (χ3v) is 3.77. The third-order valence-electron chi connectivity index (χ3n) is 3.77. The molecule has 0 spiro atoms. The number of benzene rings is 1. The zero-order valence-corrected chi connectivity index (χ0v) is 11.9. The molecule has 0 heterocycles. The number of carbonyl (C=O) groups excluding carboxylic acids is 1. The van der Waals surface area contributed by atoms with Crippen molar-refractivity contribution in [2.45, 2.75) is 38.6 Å². The molecule has 2 atom stereocenters. The Labute approximate surface area is 120 Å². The van der Waals surface area contributed by atoms with E-state index in [0.29, 0.717) is 17.5 Å². The smallest absolute Gasteiger partial charge is 0.239 e. The summed E-state index contributed by atoms with van der Waals surface area (Å²) in [6.45, 7) is 2.52. The lowest BCUT2D eigenvalue weighted by Crippen LogP contribution is -2.40. The van der Waals surface area contributed by atoms with Gasteiger partial charge in [0.05, 0.1) is 18.2 Å². The molecule has 1 aliphatic carbocycles. The standard InChI is InChI=1S/C16H21N3O/c1-12-3-2-4-15(9-12)19-16(20)11-18-14-7-5-13(10-17)6-8-14/h5-8,12,15,18H,2-4,9,11H2,1H3,(H,19,20)/t12-,15-/m1/s1. The summed E-state index contributed by atoms with van der Waals surface area (Å²) in [5.74, 6) is 0.744. The van der Waals surface area contributed by atoms with Crippen LogP contribution in [-0.4, -0.2) is 18.5 Å². The molecule has 1 aromatic rings. The summed E-state index contributed by atoms with van der Waals surface area (Å²) in [5.41, 5.74) is 1.48. The van der Waals surface area contributed by atoms with Crippen LogP contribution in [0, 0.1) is 17.2 Å². The van der Waals surface area contributed by atoms with Crippen molar-refractivity contribution in [3.8, 4) is 6.07 Å². The Balaban J connectivity index is 1.75. The van der Waals surface area contributed by atoms with E-state index >= 15 is 0 Å². The Kier molecular flexibility index (Phi) is 5.00. The van der Waals surface area contributed by atoms with E-state index in [1.807, 2.05) is 12.1 Å². The lowest BCUT2D eigenvalue weighted by molar-refractivity contribution is -0.120. The molecule has 1 amide bonds. The minimum absolute atomic E-state index is 0.0356. The first-order valence-corrected chi connectivity index (χ1v) is 7.21. The summed E-state index contributed by atoms with van der Waals surface area (Å²) in [5, 5.41) is 14.9. The van der Waals surface area contributed by atoms with Gasteiger partial charge in [-0.05, 0) is 43.0 Å². The number of carbonyl (C=O) groups is 1. The van der Waals surface area contributed by atoms with E-state index < -0.39 is 0 Å². The summed E-state index contributed by atoms with van der Waals surface area (Å²) in [7, 11) is 0. The number of nitrogens with zero attached hydrogens (tertiary/aromatic N) is 1. The van der Waals surface area contributed by atoms with Gasteiger partial charge in [0.25, 0.3) is 0 Å². The molecule has 2 rings (SSSR count). The second-order valence-corrected chi connectivity index (χ2v) is 5.58. The Hall–Kier alpha value is -2.02. The van der Waals surface area contributed by atoms with Crippen LogP contribution in [0.1, 0.15) is 38.2 Å². The van der Waals surface area contributed by atoms with Crippen LogP contribution in [0.25, 0.3) is 0 Å². The van der Waals surface area contributed by atoms with Crippen LogP contribution < -0.4 is 10.6 Å². The van der Waals surface area contributed by atoms with E-state index in [0.717, 1.165) is 18.5 Å². The number of hydrogen-bond acceptors (Lipinski definition) is 3. The van der Waals surface area contributed by atoms with Crippen molar-refractivity contribution < 1.29 is 4.79 Å². The molecule has 0 aromatic heterocycles. The van der Waals surface area contributed by atoms with E-state index in [1.165, 1.54) is 12.8 Å². The van der Waals surface area contributed by atoms with Gasteiger partial charge in [0.1, 0.15) is 0 Å². The summed E-state index contributed by atoms with van der Waals surface area (Å²) < 4.78 is 0. The highest BCUT2D eigenvalue weighted by Crippen LogP contribution is 2.23. The quantitative estimate of drug-likeness (QED) is 0.885. The molecule has 1 aliphatic rings. The number of amides is 1. The van der Waals surface area contributed by atoms with Crippen molar-refractivity contribution in [1.29, 1.82) is 5.26 Å². The van der Waals surface area contributed by atoms with E-state index in [2.05, 4.69) is 23.6 Å². The van der Waals surface area contributed by atoms with Crippen LogP contribution in [0.15, 0.2) is 24.3 Å². The molecule has 0 radical (unpaired) electrons. The summed E-state index contributed by atoms with van der Waals surface area (Å²) in [6, 6.07) is 9.50. The molecule has 0 unspecified atom stereocenters. The second-order valence-electron chi connectivity index (χ2n) is 5.58. The normalized spacial score (nSPS) is 21.8. The summed E-state index contributed by atoms with van der Waals surface area (Å²) in [6.07, 6.45) is 4.65. The average Bonchev–Trinajstić information content (AvgIpc) is 2.46. The topological polar surface area (TPSA) is 64.9 Å². The molecule has 1 fully saturated rings. The molecule has 2 N–H and O–H groups in total. The molecule has 0 aliphatic heterocycles. The van der Waals surface area contributed by atoms with Gasteiger partial charge in [-0.2, -0.15) is 5.26 Å². The maximum absolute atomic E-state index is 11.9. The first-order valence-electron chi connectivity index (χ1n) is 7.21. The zero-order chi connectivity index (χ0) is 14.4. The summed E-state index contributed by atoms with van der Waals surface area (Å²) in [4.78, 5) is 11.9. The Bertz CT molecular complexity index is 489. The van der Waals surface area contributed by atoms with Gasteiger partial charge in [-0.25, -0.2) is 0 Å². The van der Waals surface area contributed by atoms with Gasteiger partial charge < -0.3 is 10.6 Å². The van der Waals surface area contributed by atoms with Gasteiger partial charge in [-0.3, -0.25) is 4.79 Å². The average molecular weight is 271 g/mol. The Morgan fingerprint density at radius 2 is 2.10 bits per heavy atom. The van der Waals surface area contributed by atoms with Gasteiger partial charge in [-0.1, -0.05) is 19.8 Å². The fraction of sp³-hybridized carbons (Fsp3) is 0.500. The van der Waals surface area contributed by atoms with E-state index in [-0.39, 0.29) is 12.5 Å². The zero-order valence-electron chi connectivity index (χ0n) is 11.9. The van der Waals surface area contributed by atoms with E-state index in [9.17, 15) is 4.79 Å². The Morgan fingerprint density at radius 3 is 2.75 bits per heavy atom. The lowest BCUT2D eigenvalue weighted by atomic mass is 9.87. The minimum atomic E-state index is 0.0356. The monoisotopic (exact) mass is 271 g/mol. The fourth-order valence-corrected chi connectivity index (χ4v) is 2.69.